The monoisotopic (exact) mass is 274 g/mol. The van der Waals surface area contributed by atoms with Crippen LogP contribution in [0.15, 0.2) is 0 Å². The van der Waals surface area contributed by atoms with Crippen LogP contribution in [0.4, 0.5) is 0 Å². The molecular weight excluding hydrogens is 252 g/mol. The van der Waals surface area contributed by atoms with Gasteiger partial charge in [0.1, 0.15) is 6.04 Å². The molecule has 0 aliphatic carbocycles. The molecule has 0 unspecified atom stereocenters. The number of hydrogen-bond donors (Lipinski definition) is 1. The molecular formula is C11H22N2O4Si. The maximum Gasteiger partial charge on any atom is 0.334 e. The Bertz CT molecular complexity index is 329. The minimum atomic E-state index is -1.19. The van der Waals surface area contributed by atoms with Gasteiger partial charge in [-0.3, -0.25) is 9.63 Å². The van der Waals surface area contributed by atoms with Gasteiger partial charge in [0.25, 0.3) is 5.91 Å². The zero-order valence-corrected chi connectivity index (χ0v) is 12.4. The molecule has 6 nitrogen and oxygen atoms in total. The summed E-state index contributed by atoms with van der Waals surface area (Å²) in [6.07, 6.45) is 0. The quantitative estimate of drug-likeness (QED) is 0.429. The second-order valence-corrected chi connectivity index (χ2v) is 11.4. The van der Waals surface area contributed by atoms with Gasteiger partial charge >= 0.3 is 5.97 Å². The van der Waals surface area contributed by atoms with E-state index in [1.807, 2.05) is 0 Å². The first-order valence-electron chi connectivity index (χ1n) is 6.09. The second-order valence-electron chi connectivity index (χ2n) is 5.73. The lowest BCUT2D eigenvalue weighted by Crippen LogP contribution is -2.67. The average Bonchev–Trinajstić information content (AvgIpc) is 2.26. The molecule has 1 fully saturated rings. The van der Waals surface area contributed by atoms with Crippen molar-refractivity contribution in [2.75, 3.05) is 13.2 Å². The Morgan fingerprint density at radius 1 is 1.44 bits per heavy atom. The van der Waals surface area contributed by atoms with Crippen molar-refractivity contribution >= 4 is 20.0 Å². The van der Waals surface area contributed by atoms with E-state index < -0.39 is 20.1 Å². The number of amides is 1. The fraction of sp³-hybridized carbons (Fsp3) is 0.818. The number of carbonyl (C=O) groups excluding carboxylic acids is 2. The molecule has 0 radical (unpaired) electrons. The minimum absolute atomic E-state index is 0.188. The van der Waals surface area contributed by atoms with Crippen molar-refractivity contribution in [3.05, 3.63) is 0 Å². The highest BCUT2D eigenvalue weighted by Gasteiger charge is 2.43. The van der Waals surface area contributed by atoms with Crippen LogP contribution in [-0.2, 0) is 19.2 Å². The van der Waals surface area contributed by atoms with Crippen molar-refractivity contribution in [1.29, 1.82) is 0 Å². The first-order chi connectivity index (χ1) is 8.22. The Labute approximate surface area is 108 Å². The standard InChI is InChI=1S/C11H22N2O4Si/c1-8-10(12)11(15)13(8)17-7-9(14)16-5-6-18(2,3)4/h8,10H,5-7,12H2,1-4H3/t8-,10-/m1/s1. The number of ether oxygens (including phenoxy) is 1. The van der Waals surface area contributed by atoms with Crippen LogP contribution in [0.25, 0.3) is 0 Å². The number of nitrogens with zero attached hydrogens (tertiary/aromatic N) is 1. The van der Waals surface area contributed by atoms with Crippen LogP contribution < -0.4 is 5.73 Å². The molecule has 7 heteroatoms. The van der Waals surface area contributed by atoms with E-state index in [1.54, 1.807) is 6.92 Å². The van der Waals surface area contributed by atoms with E-state index in [0.717, 1.165) is 11.1 Å². The molecule has 1 saturated heterocycles. The first kappa shape index (κ1) is 15.1. The van der Waals surface area contributed by atoms with Crippen molar-refractivity contribution in [3.63, 3.8) is 0 Å². The summed E-state index contributed by atoms with van der Waals surface area (Å²) in [6.45, 7) is 8.56. The van der Waals surface area contributed by atoms with E-state index >= 15 is 0 Å². The highest BCUT2D eigenvalue weighted by atomic mass is 28.3. The van der Waals surface area contributed by atoms with E-state index in [9.17, 15) is 9.59 Å². The summed E-state index contributed by atoms with van der Waals surface area (Å²) in [4.78, 5) is 27.7. The van der Waals surface area contributed by atoms with Gasteiger partial charge in [-0.05, 0) is 13.0 Å². The number of hydroxylamine groups is 2. The molecule has 1 amide bonds. The van der Waals surface area contributed by atoms with Gasteiger partial charge in [0, 0.05) is 8.07 Å². The van der Waals surface area contributed by atoms with Gasteiger partial charge in [-0.1, -0.05) is 19.6 Å². The second kappa shape index (κ2) is 5.81. The minimum Gasteiger partial charge on any atom is -0.464 e. The van der Waals surface area contributed by atoms with Crippen LogP contribution in [0.2, 0.25) is 25.7 Å². The Morgan fingerprint density at radius 2 is 2.06 bits per heavy atom. The fourth-order valence-corrected chi connectivity index (χ4v) is 2.15. The predicted molar refractivity (Wildman–Crippen MR) is 69.3 cm³/mol. The molecule has 0 saturated carbocycles. The molecule has 2 atom stereocenters. The largest absolute Gasteiger partial charge is 0.464 e. The van der Waals surface area contributed by atoms with Gasteiger partial charge in [0.2, 0.25) is 0 Å². The van der Waals surface area contributed by atoms with Gasteiger partial charge in [-0.2, -0.15) is 0 Å². The van der Waals surface area contributed by atoms with Gasteiger partial charge < -0.3 is 10.5 Å². The van der Waals surface area contributed by atoms with Gasteiger partial charge in [-0.15, -0.1) is 0 Å². The Balaban J connectivity index is 2.16. The van der Waals surface area contributed by atoms with E-state index in [0.29, 0.717) is 6.61 Å². The molecule has 2 N–H and O–H groups in total. The zero-order valence-electron chi connectivity index (χ0n) is 11.4. The van der Waals surface area contributed by atoms with E-state index in [2.05, 4.69) is 19.6 Å². The van der Waals surface area contributed by atoms with Crippen LogP contribution >= 0.6 is 0 Å². The number of β-lactam (4-membered cyclic amide) rings is 1. The molecule has 0 aromatic carbocycles. The normalized spacial score (nSPS) is 23.8. The average molecular weight is 274 g/mol. The fourth-order valence-electron chi connectivity index (χ4n) is 1.43. The lowest BCUT2D eigenvalue weighted by atomic mass is 10.0. The summed E-state index contributed by atoms with van der Waals surface area (Å²) in [5.74, 6) is -0.744. The Hall–Kier alpha value is -0.923. The van der Waals surface area contributed by atoms with Gasteiger partial charge in [0.15, 0.2) is 6.61 Å². The zero-order chi connectivity index (χ0) is 13.9. The van der Waals surface area contributed by atoms with Gasteiger partial charge in [0.05, 0.1) is 12.6 Å². The lowest BCUT2D eigenvalue weighted by molar-refractivity contribution is -0.231. The molecule has 0 aromatic rings. The van der Waals surface area contributed by atoms with Crippen LogP contribution in [0.1, 0.15) is 6.92 Å². The Kier molecular flexibility index (Phi) is 4.89. The summed E-state index contributed by atoms with van der Waals surface area (Å²) in [5, 5.41) is 1.13. The Morgan fingerprint density at radius 3 is 2.56 bits per heavy atom. The van der Waals surface area contributed by atoms with Crippen LogP contribution in [-0.4, -0.2) is 50.3 Å². The summed E-state index contributed by atoms with van der Waals surface area (Å²) in [5.41, 5.74) is 5.51. The highest BCUT2D eigenvalue weighted by Crippen LogP contribution is 2.17. The molecule has 18 heavy (non-hydrogen) atoms. The first-order valence-corrected chi connectivity index (χ1v) is 9.80. The van der Waals surface area contributed by atoms with Crippen LogP contribution in [0.3, 0.4) is 0 Å². The topological polar surface area (TPSA) is 81.9 Å². The van der Waals surface area contributed by atoms with Gasteiger partial charge in [-0.25, -0.2) is 9.86 Å². The third-order valence-electron chi connectivity index (χ3n) is 2.83. The summed E-state index contributed by atoms with van der Waals surface area (Å²) >= 11 is 0. The summed E-state index contributed by atoms with van der Waals surface area (Å²) < 4.78 is 5.04. The van der Waals surface area contributed by atoms with Crippen molar-refractivity contribution in [3.8, 4) is 0 Å². The molecule has 1 aliphatic heterocycles. The van der Waals surface area contributed by atoms with Crippen LogP contribution in [0.5, 0.6) is 0 Å². The molecule has 0 aromatic heterocycles. The maximum atomic E-state index is 11.4. The smallest absolute Gasteiger partial charge is 0.334 e. The molecule has 1 rings (SSSR count). The number of nitrogens with two attached hydrogens (primary N) is 1. The van der Waals surface area contributed by atoms with Crippen molar-refractivity contribution < 1.29 is 19.2 Å². The van der Waals surface area contributed by atoms with Crippen molar-refractivity contribution in [1.82, 2.24) is 5.06 Å². The SMILES string of the molecule is C[C@@H]1[C@@H](N)C(=O)N1OCC(=O)OCC[Si](C)(C)C. The number of hydrogen-bond acceptors (Lipinski definition) is 5. The molecule has 1 aliphatic rings. The summed E-state index contributed by atoms with van der Waals surface area (Å²) in [7, 11) is -1.19. The van der Waals surface area contributed by atoms with Crippen LogP contribution in [0, 0.1) is 0 Å². The molecule has 0 spiro atoms. The summed E-state index contributed by atoms with van der Waals surface area (Å²) in [6, 6.07) is 0.211. The lowest BCUT2D eigenvalue weighted by Gasteiger charge is -2.41. The van der Waals surface area contributed by atoms with Crippen molar-refractivity contribution in [2.24, 2.45) is 5.73 Å². The third-order valence-corrected chi connectivity index (χ3v) is 4.53. The van der Waals surface area contributed by atoms with E-state index in [1.165, 1.54) is 0 Å². The highest BCUT2D eigenvalue weighted by molar-refractivity contribution is 6.76. The van der Waals surface area contributed by atoms with E-state index in [4.69, 9.17) is 15.3 Å². The molecule has 104 valence electrons. The van der Waals surface area contributed by atoms with E-state index in [-0.39, 0.29) is 18.6 Å². The van der Waals surface area contributed by atoms with Crippen molar-refractivity contribution in [2.45, 2.75) is 44.7 Å². The number of esters is 1. The third kappa shape index (κ3) is 4.07. The number of rotatable bonds is 6. The predicted octanol–water partition coefficient (Wildman–Crippen LogP) is 0.357. The number of carbonyl (C=O) groups is 2. The molecule has 0 bridgehead atoms. The molecule has 1 heterocycles. The maximum absolute atomic E-state index is 11.4.